The van der Waals surface area contributed by atoms with Gasteiger partial charge in [0.25, 0.3) is 11.7 Å². The van der Waals surface area contributed by atoms with Crippen molar-refractivity contribution in [2.24, 2.45) is 0 Å². The number of carbonyl (C=O) groups is 2. The number of hydrogen-bond acceptors (Lipinski definition) is 6. The van der Waals surface area contributed by atoms with Crippen molar-refractivity contribution in [2.45, 2.75) is 19.9 Å². The number of ether oxygens (including phenoxy) is 2. The van der Waals surface area contributed by atoms with Crippen LogP contribution in [-0.4, -0.2) is 31.0 Å². The van der Waals surface area contributed by atoms with Gasteiger partial charge < -0.3 is 19.0 Å². The molecule has 1 saturated heterocycles. The first-order valence-electron chi connectivity index (χ1n) is 10.0. The van der Waals surface area contributed by atoms with Crippen LogP contribution in [0.1, 0.15) is 28.5 Å². The maximum atomic E-state index is 13.2. The fourth-order valence-electron chi connectivity index (χ4n) is 3.93. The number of furan rings is 1. The molecule has 0 aliphatic carbocycles. The molecule has 7 heteroatoms. The molecule has 7 nitrogen and oxygen atoms in total. The summed E-state index contributed by atoms with van der Waals surface area (Å²) in [5, 5.41) is 11.2. The number of aliphatic hydroxyl groups is 1. The Bertz CT molecular complexity index is 1230. The van der Waals surface area contributed by atoms with E-state index in [0.29, 0.717) is 28.5 Å². The van der Waals surface area contributed by atoms with E-state index in [4.69, 9.17) is 13.9 Å². The normalized spacial score (nSPS) is 17.6. The Kier molecular flexibility index (Phi) is 5.48. The van der Waals surface area contributed by atoms with Gasteiger partial charge in [-0.05, 0) is 61.4 Å². The summed E-state index contributed by atoms with van der Waals surface area (Å²) in [6.07, 6.45) is 1.47. The Morgan fingerprint density at radius 2 is 1.75 bits per heavy atom. The van der Waals surface area contributed by atoms with Crippen molar-refractivity contribution in [2.75, 3.05) is 19.1 Å². The molecule has 2 aromatic carbocycles. The molecule has 1 aliphatic rings. The van der Waals surface area contributed by atoms with Crippen molar-refractivity contribution >= 4 is 23.1 Å². The highest BCUT2D eigenvalue weighted by molar-refractivity contribution is 6.51. The van der Waals surface area contributed by atoms with Crippen LogP contribution in [0.4, 0.5) is 5.69 Å². The number of carbonyl (C=O) groups excluding carboxylic acids is 2. The largest absolute Gasteiger partial charge is 0.507 e. The minimum absolute atomic E-state index is 0.0573. The third kappa shape index (κ3) is 3.32. The van der Waals surface area contributed by atoms with Crippen LogP contribution >= 0.6 is 0 Å². The van der Waals surface area contributed by atoms with Gasteiger partial charge >= 0.3 is 0 Å². The van der Waals surface area contributed by atoms with Crippen LogP contribution in [0.15, 0.2) is 64.8 Å². The smallest absolute Gasteiger partial charge is 0.300 e. The van der Waals surface area contributed by atoms with Gasteiger partial charge in [-0.2, -0.15) is 0 Å². The van der Waals surface area contributed by atoms with Crippen LogP contribution in [0.2, 0.25) is 0 Å². The number of aliphatic hydroxyl groups excluding tert-OH is 1. The zero-order chi connectivity index (χ0) is 23.0. The van der Waals surface area contributed by atoms with E-state index < -0.39 is 17.7 Å². The lowest BCUT2D eigenvalue weighted by Crippen LogP contribution is -2.30. The zero-order valence-corrected chi connectivity index (χ0v) is 18.2. The van der Waals surface area contributed by atoms with Gasteiger partial charge in [0.1, 0.15) is 17.6 Å². The third-order valence-electron chi connectivity index (χ3n) is 5.75. The Balaban J connectivity index is 1.94. The molecule has 0 bridgehead atoms. The summed E-state index contributed by atoms with van der Waals surface area (Å²) in [5.41, 5.74) is 2.68. The average Bonchev–Trinajstić information content (AvgIpc) is 3.42. The summed E-state index contributed by atoms with van der Waals surface area (Å²) in [6, 6.07) is 12.7. The number of anilines is 1. The molecule has 4 rings (SSSR count). The lowest BCUT2D eigenvalue weighted by molar-refractivity contribution is -0.132. The number of rotatable bonds is 5. The zero-order valence-electron chi connectivity index (χ0n) is 18.2. The van der Waals surface area contributed by atoms with Crippen LogP contribution in [-0.2, 0) is 9.59 Å². The summed E-state index contributed by atoms with van der Waals surface area (Å²) < 4.78 is 16.2. The van der Waals surface area contributed by atoms with Gasteiger partial charge in [-0.1, -0.05) is 12.1 Å². The van der Waals surface area contributed by atoms with Gasteiger partial charge in [-0.3, -0.25) is 14.5 Å². The number of amides is 1. The van der Waals surface area contributed by atoms with E-state index in [1.54, 1.807) is 36.4 Å². The Hall–Kier alpha value is -4.00. The van der Waals surface area contributed by atoms with Crippen molar-refractivity contribution in [3.05, 3.63) is 82.8 Å². The molecule has 1 fully saturated rings. The number of ketones is 1. The first kappa shape index (κ1) is 21.2. The van der Waals surface area contributed by atoms with Crippen LogP contribution in [0.5, 0.6) is 11.5 Å². The SMILES string of the molecule is COc1ccc(/C(O)=C2/C(=O)C(=O)N(c3cccc(C)c3C)C2c2ccco2)cc1OC. The number of nitrogens with zero attached hydrogens (tertiary/aromatic N) is 1. The average molecular weight is 433 g/mol. The molecule has 1 aliphatic heterocycles. The van der Waals surface area contributed by atoms with Gasteiger partial charge in [-0.25, -0.2) is 0 Å². The van der Waals surface area contributed by atoms with Crippen LogP contribution in [0.25, 0.3) is 5.76 Å². The third-order valence-corrected chi connectivity index (χ3v) is 5.75. The summed E-state index contributed by atoms with van der Waals surface area (Å²) in [4.78, 5) is 27.8. The highest BCUT2D eigenvalue weighted by Gasteiger charge is 2.48. The second kappa shape index (κ2) is 8.26. The summed E-state index contributed by atoms with van der Waals surface area (Å²) >= 11 is 0. The van der Waals surface area contributed by atoms with Crippen molar-refractivity contribution in [3.63, 3.8) is 0 Å². The molecule has 3 aromatic rings. The minimum Gasteiger partial charge on any atom is -0.507 e. The van der Waals surface area contributed by atoms with Crippen LogP contribution in [0.3, 0.4) is 0 Å². The van der Waals surface area contributed by atoms with E-state index in [0.717, 1.165) is 11.1 Å². The molecular formula is C25H23NO6. The van der Waals surface area contributed by atoms with Gasteiger partial charge in [0, 0.05) is 11.3 Å². The van der Waals surface area contributed by atoms with Gasteiger partial charge in [0.2, 0.25) is 0 Å². The maximum absolute atomic E-state index is 13.2. The Labute approximate surface area is 185 Å². The molecule has 32 heavy (non-hydrogen) atoms. The number of aryl methyl sites for hydroxylation is 1. The topological polar surface area (TPSA) is 89.2 Å². The van der Waals surface area contributed by atoms with Crippen LogP contribution < -0.4 is 14.4 Å². The highest BCUT2D eigenvalue weighted by atomic mass is 16.5. The first-order valence-corrected chi connectivity index (χ1v) is 10.0. The van der Waals surface area contributed by atoms with Gasteiger partial charge in [-0.15, -0.1) is 0 Å². The summed E-state index contributed by atoms with van der Waals surface area (Å²) in [5.74, 6) is -0.621. The first-order chi connectivity index (χ1) is 15.4. The fourth-order valence-corrected chi connectivity index (χ4v) is 3.93. The summed E-state index contributed by atoms with van der Waals surface area (Å²) in [6.45, 7) is 3.82. The van der Waals surface area contributed by atoms with Gasteiger partial charge in [0.05, 0.1) is 26.1 Å². The van der Waals surface area contributed by atoms with Crippen molar-refractivity contribution in [1.82, 2.24) is 0 Å². The molecule has 0 radical (unpaired) electrons. The van der Waals surface area contributed by atoms with Crippen molar-refractivity contribution in [1.29, 1.82) is 0 Å². The molecule has 1 amide bonds. The standard InChI is InChI=1S/C25H23NO6/c1-14-7-5-8-17(15(14)2)26-22(19-9-6-12-32-19)21(24(28)25(26)29)23(27)16-10-11-18(30-3)20(13-16)31-4/h5-13,22,27H,1-4H3/b23-21-. The van der Waals surface area contributed by atoms with E-state index in [1.807, 2.05) is 26.0 Å². The molecule has 1 atom stereocenters. The second-order valence-corrected chi connectivity index (χ2v) is 7.47. The van der Waals surface area contributed by atoms with E-state index in [9.17, 15) is 14.7 Å². The number of hydrogen-bond donors (Lipinski definition) is 1. The molecule has 0 spiro atoms. The molecule has 0 saturated carbocycles. The van der Waals surface area contributed by atoms with E-state index in [2.05, 4.69) is 0 Å². The quantitative estimate of drug-likeness (QED) is 0.361. The van der Waals surface area contributed by atoms with Crippen molar-refractivity contribution in [3.8, 4) is 11.5 Å². The molecule has 1 N–H and O–H groups in total. The predicted molar refractivity (Wildman–Crippen MR) is 119 cm³/mol. The maximum Gasteiger partial charge on any atom is 0.300 e. The highest BCUT2D eigenvalue weighted by Crippen LogP contribution is 2.44. The molecular weight excluding hydrogens is 410 g/mol. The fraction of sp³-hybridized carbons (Fsp3) is 0.200. The van der Waals surface area contributed by atoms with E-state index in [-0.39, 0.29) is 11.3 Å². The lowest BCUT2D eigenvalue weighted by atomic mass is 9.98. The minimum atomic E-state index is -0.918. The number of Topliss-reactive ketones (excluding diaryl/α,β-unsaturated/α-hetero) is 1. The molecule has 164 valence electrons. The molecule has 1 unspecified atom stereocenters. The monoisotopic (exact) mass is 433 g/mol. The molecule has 2 heterocycles. The number of benzene rings is 2. The Morgan fingerprint density at radius 1 is 1.00 bits per heavy atom. The Morgan fingerprint density at radius 3 is 2.41 bits per heavy atom. The summed E-state index contributed by atoms with van der Waals surface area (Å²) in [7, 11) is 2.98. The van der Waals surface area contributed by atoms with Gasteiger partial charge in [0.15, 0.2) is 11.5 Å². The predicted octanol–water partition coefficient (Wildman–Crippen LogP) is 4.54. The molecule has 1 aromatic heterocycles. The lowest BCUT2D eigenvalue weighted by Gasteiger charge is -2.25. The number of methoxy groups -OCH3 is 2. The second-order valence-electron chi connectivity index (χ2n) is 7.47. The van der Waals surface area contributed by atoms with E-state index in [1.165, 1.54) is 25.4 Å². The van der Waals surface area contributed by atoms with E-state index >= 15 is 0 Å². The van der Waals surface area contributed by atoms with Crippen LogP contribution in [0, 0.1) is 13.8 Å². The van der Waals surface area contributed by atoms with Crippen molar-refractivity contribution < 1.29 is 28.6 Å².